The molecule has 1 aromatic carbocycles. The topological polar surface area (TPSA) is 35.5 Å². The molecule has 0 aliphatic heterocycles. The number of rotatable bonds is 6. The Morgan fingerprint density at radius 1 is 1.28 bits per heavy atom. The van der Waals surface area contributed by atoms with Crippen LogP contribution in [0.1, 0.15) is 13.8 Å². The Hall–Kier alpha value is -0.470. The molecule has 1 rings (SSSR count). The number of methoxy groups -OCH3 is 2. The summed E-state index contributed by atoms with van der Waals surface area (Å²) < 4.78 is 23.7. The van der Waals surface area contributed by atoms with Crippen molar-refractivity contribution in [1.29, 1.82) is 0 Å². The first-order valence-corrected chi connectivity index (χ1v) is 9.04. The van der Waals surface area contributed by atoms with Crippen LogP contribution < -0.4 is 14.8 Å². The number of ether oxygens (including phenoxy) is 2. The van der Waals surface area contributed by atoms with Gasteiger partial charge in [0.2, 0.25) is 0 Å². The fourth-order valence-corrected chi connectivity index (χ4v) is 5.95. The maximum absolute atomic E-state index is 13.1. The lowest BCUT2D eigenvalue weighted by molar-refractivity contribution is 0.357. The summed E-state index contributed by atoms with van der Waals surface area (Å²) in [5, 5.41) is 1.22. The Bertz CT molecular complexity index is 446. The predicted molar refractivity (Wildman–Crippen MR) is 80.3 cm³/mol. The van der Waals surface area contributed by atoms with Crippen LogP contribution >= 0.6 is 23.1 Å². The average Bonchev–Trinajstić information content (AvgIpc) is 2.36. The van der Waals surface area contributed by atoms with Crippen LogP contribution in [0.25, 0.3) is 0 Å². The van der Waals surface area contributed by atoms with E-state index in [4.69, 9.17) is 9.47 Å². The molecule has 1 atom stereocenters. The van der Waals surface area contributed by atoms with Crippen LogP contribution in [0.3, 0.4) is 0 Å². The molecule has 0 heterocycles. The van der Waals surface area contributed by atoms with Crippen molar-refractivity contribution in [2.45, 2.75) is 13.8 Å². The SMILES string of the molecule is COc1cccc(P(=O)(CBr)CC(C)C)c1OC. The van der Waals surface area contributed by atoms with Crippen LogP contribution in [0, 0.1) is 5.92 Å². The molecule has 18 heavy (non-hydrogen) atoms. The highest BCUT2D eigenvalue weighted by Crippen LogP contribution is 2.51. The van der Waals surface area contributed by atoms with Gasteiger partial charge < -0.3 is 14.0 Å². The van der Waals surface area contributed by atoms with Gasteiger partial charge in [0.15, 0.2) is 11.5 Å². The van der Waals surface area contributed by atoms with Crippen LogP contribution in [-0.4, -0.2) is 25.5 Å². The number of para-hydroxylation sites is 1. The Morgan fingerprint density at radius 3 is 2.39 bits per heavy atom. The second-order valence-corrected chi connectivity index (χ2v) is 8.97. The van der Waals surface area contributed by atoms with Gasteiger partial charge in [-0.1, -0.05) is 35.8 Å². The maximum atomic E-state index is 13.1. The molecular formula is C13H20BrO3P. The van der Waals surface area contributed by atoms with E-state index < -0.39 is 7.14 Å². The van der Waals surface area contributed by atoms with Crippen LogP contribution in [0.15, 0.2) is 18.2 Å². The van der Waals surface area contributed by atoms with Crippen LogP contribution in [0.5, 0.6) is 11.5 Å². The molecule has 0 aliphatic carbocycles. The minimum absolute atomic E-state index is 0.365. The van der Waals surface area contributed by atoms with E-state index in [9.17, 15) is 4.57 Å². The molecule has 5 heteroatoms. The van der Waals surface area contributed by atoms with Crippen molar-refractivity contribution in [3.8, 4) is 11.5 Å². The van der Waals surface area contributed by atoms with Crippen molar-refractivity contribution >= 4 is 28.4 Å². The van der Waals surface area contributed by atoms with Crippen molar-refractivity contribution < 1.29 is 14.0 Å². The van der Waals surface area contributed by atoms with E-state index >= 15 is 0 Å². The van der Waals surface area contributed by atoms with Crippen molar-refractivity contribution in [3.63, 3.8) is 0 Å². The number of benzene rings is 1. The molecule has 0 radical (unpaired) electrons. The molecule has 3 nitrogen and oxygen atoms in total. The standard InChI is InChI=1S/C13H20BrO3P/c1-10(2)8-18(15,9-14)12-7-5-6-11(16-3)13(12)17-4/h5-7,10H,8-9H2,1-4H3. The van der Waals surface area contributed by atoms with Gasteiger partial charge in [0.25, 0.3) is 0 Å². The summed E-state index contributed by atoms with van der Waals surface area (Å²) in [6.07, 6.45) is 0.655. The first kappa shape index (κ1) is 15.6. The zero-order valence-electron chi connectivity index (χ0n) is 11.3. The summed E-state index contributed by atoms with van der Waals surface area (Å²) in [4.78, 5) is 0. The van der Waals surface area contributed by atoms with Crippen molar-refractivity contribution in [1.82, 2.24) is 0 Å². The Balaban J connectivity index is 3.33. The molecule has 1 unspecified atom stereocenters. The highest BCUT2D eigenvalue weighted by Gasteiger charge is 2.29. The van der Waals surface area contributed by atoms with E-state index in [1.54, 1.807) is 14.2 Å². The number of hydrogen-bond donors (Lipinski definition) is 0. The molecule has 0 saturated heterocycles. The van der Waals surface area contributed by atoms with E-state index in [0.29, 0.717) is 28.7 Å². The van der Waals surface area contributed by atoms with Crippen LogP contribution in [-0.2, 0) is 4.57 Å². The van der Waals surface area contributed by atoms with E-state index in [0.717, 1.165) is 5.30 Å². The number of halogens is 1. The molecule has 0 bridgehead atoms. The second-order valence-electron chi connectivity index (χ2n) is 4.60. The average molecular weight is 335 g/mol. The summed E-state index contributed by atoms with van der Waals surface area (Å²) in [5.74, 6) is 1.58. The van der Waals surface area contributed by atoms with Gasteiger partial charge in [-0.05, 0) is 18.1 Å². The molecule has 102 valence electrons. The summed E-state index contributed by atoms with van der Waals surface area (Å²) in [7, 11) is 0.674. The normalized spacial score (nSPS) is 14.3. The Kier molecular flexibility index (Phi) is 5.74. The van der Waals surface area contributed by atoms with Gasteiger partial charge in [-0.2, -0.15) is 0 Å². The third-order valence-electron chi connectivity index (χ3n) is 2.67. The molecule has 0 N–H and O–H groups in total. The van der Waals surface area contributed by atoms with Crippen molar-refractivity contribution in [3.05, 3.63) is 18.2 Å². The lowest BCUT2D eigenvalue weighted by atomic mass is 10.3. The first-order chi connectivity index (χ1) is 8.48. The lowest BCUT2D eigenvalue weighted by Gasteiger charge is -2.21. The van der Waals surface area contributed by atoms with Gasteiger partial charge in [0.05, 0.1) is 24.6 Å². The molecule has 0 aromatic heterocycles. The molecule has 0 spiro atoms. The summed E-state index contributed by atoms with van der Waals surface area (Å²) in [6.45, 7) is 4.14. The summed E-state index contributed by atoms with van der Waals surface area (Å²) in [5.41, 5.74) is 0. The van der Waals surface area contributed by atoms with Gasteiger partial charge in [-0.3, -0.25) is 0 Å². The monoisotopic (exact) mass is 334 g/mol. The second kappa shape index (κ2) is 6.63. The van der Waals surface area contributed by atoms with Gasteiger partial charge in [0, 0.05) is 6.16 Å². The molecule has 0 saturated carbocycles. The fourth-order valence-electron chi connectivity index (χ4n) is 1.99. The Morgan fingerprint density at radius 2 is 1.94 bits per heavy atom. The minimum Gasteiger partial charge on any atom is -0.493 e. The zero-order valence-corrected chi connectivity index (χ0v) is 13.8. The smallest absolute Gasteiger partial charge is 0.171 e. The zero-order chi connectivity index (χ0) is 13.8. The van der Waals surface area contributed by atoms with Crippen molar-refractivity contribution in [2.75, 3.05) is 25.5 Å². The van der Waals surface area contributed by atoms with Gasteiger partial charge >= 0.3 is 0 Å². The number of alkyl halides is 1. The molecule has 1 aromatic rings. The predicted octanol–water partition coefficient (Wildman–Crippen LogP) is 3.70. The largest absolute Gasteiger partial charge is 0.493 e. The van der Waals surface area contributed by atoms with E-state index in [1.807, 2.05) is 18.2 Å². The summed E-state index contributed by atoms with van der Waals surface area (Å²) in [6, 6.07) is 5.54. The molecular weight excluding hydrogens is 315 g/mol. The molecule has 0 fully saturated rings. The highest BCUT2D eigenvalue weighted by atomic mass is 79.9. The maximum Gasteiger partial charge on any atom is 0.171 e. The van der Waals surface area contributed by atoms with Gasteiger partial charge in [-0.15, -0.1) is 0 Å². The van der Waals surface area contributed by atoms with E-state index in [-0.39, 0.29) is 0 Å². The first-order valence-electron chi connectivity index (χ1n) is 5.84. The highest BCUT2D eigenvalue weighted by molar-refractivity contribution is 9.10. The van der Waals surface area contributed by atoms with E-state index in [1.165, 1.54) is 0 Å². The summed E-state index contributed by atoms with van der Waals surface area (Å²) >= 11 is 3.39. The van der Waals surface area contributed by atoms with Crippen molar-refractivity contribution in [2.24, 2.45) is 5.92 Å². The number of hydrogen-bond acceptors (Lipinski definition) is 3. The lowest BCUT2D eigenvalue weighted by Crippen LogP contribution is -2.15. The van der Waals surface area contributed by atoms with E-state index in [2.05, 4.69) is 29.8 Å². The minimum atomic E-state index is -2.49. The fraction of sp³-hybridized carbons (Fsp3) is 0.538. The van der Waals surface area contributed by atoms with Crippen LogP contribution in [0.2, 0.25) is 0 Å². The van der Waals surface area contributed by atoms with Gasteiger partial charge in [0.1, 0.15) is 7.14 Å². The van der Waals surface area contributed by atoms with Crippen LogP contribution in [0.4, 0.5) is 0 Å². The molecule has 0 aliphatic rings. The molecule has 0 amide bonds. The quantitative estimate of drug-likeness (QED) is 0.587. The third kappa shape index (κ3) is 3.30. The third-order valence-corrected chi connectivity index (χ3v) is 8.04. The van der Waals surface area contributed by atoms with Gasteiger partial charge in [-0.25, -0.2) is 0 Å². The Labute approximate surface area is 117 Å².